The van der Waals surface area contributed by atoms with Gasteiger partial charge < -0.3 is 4.42 Å². The Hall–Kier alpha value is -6.77. The molecule has 2 atom stereocenters. The number of hydrogen-bond acceptors (Lipinski definition) is 2. The van der Waals surface area contributed by atoms with Crippen LogP contribution in [-0.2, 0) is 10.8 Å². The lowest BCUT2D eigenvalue weighted by Gasteiger charge is -2.48. The van der Waals surface area contributed by atoms with E-state index in [9.17, 15) is 0 Å². The molecule has 0 aliphatic heterocycles. The van der Waals surface area contributed by atoms with E-state index in [-0.39, 0.29) is 0 Å². The van der Waals surface area contributed by atoms with Crippen LogP contribution < -0.4 is 0 Å². The zero-order valence-electron chi connectivity index (χ0n) is 28.8. The minimum atomic E-state index is -0.552. The summed E-state index contributed by atoms with van der Waals surface area (Å²) in [6.45, 7) is 0. The first kappa shape index (κ1) is 28.9. The smallest absolute Gasteiger partial charge is 0.227 e. The van der Waals surface area contributed by atoms with Gasteiger partial charge in [0.2, 0.25) is 5.89 Å². The molecule has 2 heteroatoms. The van der Waals surface area contributed by atoms with Gasteiger partial charge in [-0.05, 0) is 102 Å². The fraction of sp³-hybridized carbons (Fsp3) is 0.0392. The Morgan fingerprint density at radius 2 is 0.849 bits per heavy atom. The molecular formula is C51H31NO. The molecule has 0 saturated carbocycles. The average Bonchev–Trinajstić information content (AvgIpc) is 3.90. The first-order valence-electron chi connectivity index (χ1n) is 18.4. The number of nitrogens with zero attached hydrogens (tertiary/aromatic N) is 1. The van der Waals surface area contributed by atoms with Gasteiger partial charge >= 0.3 is 0 Å². The molecule has 2 unspecified atom stereocenters. The molecule has 2 nitrogen and oxygen atoms in total. The van der Waals surface area contributed by atoms with Crippen LogP contribution in [-0.4, -0.2) is 4.98 Å². The molecule has 9 aromatic rings. The zero-order valence-corrected chi connectivity index (χ0v) is 28.8. The number of aromatic nitrogens is 1. The molecule has 0 bridgehead atoms. The van der Waals surface area contributed by atoms with Gasteiger partial charge in [0.1, 0.15) is 5.52 Å². The molecule has 0 amide bonds. The lowest BCUT2D eigenvalue weighted by atomic mass is 9.52. The van der Waals surface area contributed by atoms with Crippen LogP contribution >= 0.6 is 0 Å². The summed E-state index contributed by atoms with van der Waals surface area (Å²) >= 11 is 0. The molecule has 1 aromatic heterocycles. The van der Waals surface area contributed by atoms with Gasteiger partial charge in [0.15, 0.2) is 5.58 Å². The van der Waals surface area contributed by atoms with Crippen molar-refractivity contribution in [3.8, 4) is 44.8 Å². The van der Waals surface area contributed by atoms with E-state index in [0.29, 0.717) is 5.89 Å². The maximum Gasteiger partial charge on any atom is 0.227 e. The Labute approximate surface area is 307 Å². The lowest BCUT2D eigenvalue weighted by Crippen LogP contribution is -2.43. The van der Waals surface area contributed by atoms with Crippen LogP contribution in [0.1, 0.15) is 44.5 Å². The van der Waals surface area contributed by atoms with E-state index < -0.39 is 10.8 Å². The Kier molecular flexibility index (Phi) is 5.67. The van der Waals surface area contributed by atoms with E-state index in [1.165, 1.54) is 77.9 Å². The number of rotatable bonds is 3. The molecule has 53 heavy (non-hydrogen) atoms. The highest BCUT2D eigenvalue weighted by Crippen LogP contribution is 2.69. The number of benzene rings is 8. The second kappa shape index (κ2) is 10.4. The van der Waals surface area contributed by atoms with Crippen LogP contribution in [0.2, 0.25) is 0 Å². The minimum absolute atomic E-state index is 0.459. The first-order chi connectivity index (χ1) is 26.3. The van der Waals surface area contributed by atoms with E-state index in [4.69, 9.17) is 9.40 Å². The van der Waals surface area contributed by atoms with Gasteiger partial charge in [-0.15, -0.1) is 0 Å². The standard InChI is InChI=1S/C51H31NO/c1-2-14-34(15-3-1)50-40-21-6-4-17-37(40)39-20-13-25-44(48(39)50)51(43-24-9-8-23-42(43)50)41-22-7-5-16-36(41)38-19-12-18-35(47(38)51)32-28-30-33(31-29-32)49-52-45-26-10-11-27-46(45)53-49/h1-31H. The second-order valence-electron chi connectivity index (χ2n) is 14.5. The average molecular weight is 674 g/mol. The Morgan fingerprint density at radius 3 is 1.58 bits per heavy atom. The number of oxazole rings is 1. The Bertz CT molecular complexity index is 2920. The molecule has 0 saturated heterocycles. The van der Waals surface area contributed by atoms with Crippen molar-refractivity contribution in [3.63, 3.8) is 0 Å². The third kappa shape index (κ3) is 3.51. The van der Waals surface area contributed by atoms with Crippen molar-refractivity contribution in [1.29, 1.82) is 0 Å². The second-order valence-corrected chi connectivity index (χ2v) is 14.5. The van der Waals surface area contributed by atoms with Gasteiger partial charge in [-0.25, -0.2) is 4.98 Å². The number of hydrogen-bond donors (Lipinski definition) is 0. The first-order valence-corrected chi connectivity index (χ1v) is 18.4. The van der Waals surface area contributed by atoms with Crippen molar-refractivity contribution in [2.24, 2.45) is 0 Å². The molecule has 0 radical (unpaired) electrons. The minimum Gasteiger partial charge on any atom is -0.436 e. The highest BCUT2D eigenvalue weighted by molar-refractivity contribution is 5.98. The van der Waals surface area contributed by atoms with Crippen molar-refractivity contribution in [2.45, 2.75) is 10.8 Å². The molecule has 1 spiro atoms. The van der Waals surface area contributed by atoms with Crippen LogP contribution in [0, 0.1) is 0 Å². The van der Waals surface area contributed by atoms with Crippen LogP contribution in [0.3, 0.4) is 0 Å². The quantitative estimate of drug-likeness (QED) is 0.187. The molecule has 1 heterocycles. The molecule has 246 valence electrons. The summed E-state index contributed by atoms with van der Waals surface area (Å²) in [5.74, 6) is 0.637. The Balaban J connectivity index is 1.18. The predicted molar refractivity (Wildman–Crippen MR) is 213 cm³/mol. The lowest BCUT2D eigenvalue weighted by molar-refractivity contribution is 0.620. The largest absolute Gasteiger partial charge is 0.436 e. The van der Waals surface area contributed by atoms with Crippen molar-refractivity contribution < 1.29 is 4.42 Å². The van der Waals surface area contributed by atoms with Gasteiger partial charge in [-0.2, -0.15) is 0 Å². The summed E-state index contributed by atoms with van der Waals surface area (Å²) < 4.78 is 6.17. The van der Waals surface area contributed by atoms with E-state index in [0.717, 1.165) is 16.7 Å². The molecule has 8 aromatic carbocycles. The fourth-order valence-electron chi connectivity index (χ4n) is 10.3. The maximum atomic E-state index is 6.17. The fourth-order valence-corrected chi connectivity index (χ4v) is 10.3. The van der Waals surface area contributed by atoms with E-state index in [1.54, 1.807) is 0 Å². The van der Waals surface area contributed by atoms with Crippen LogP contribution in [0.5, 0.6) is 0 Å². The van der Waals surface area contributed by atoms with Gasteiger partial charge in [0.25, 0.3) is 0 Å². The highest BCUT2D eigenvalue weighted by Gasteiger charge is 2.60. The highest BCUT2D eigenvalue weighted by atomic mass is 16.3. The molecule has 0 fully saturated rings. The van der Waals surface area contributed by atoms with Crippen molar-refractivity contribution in [1.82, 2.24) is 4.98 Å². The van der Waals surface area contributed by atoms with Gasteiger partial charge in [-0.3, -0.25) is 0 Å². The van der Waals surface area contributed by atoms with Gasteiger partial charge in [0, 0.05) is 5.56 Å². The summed E-state index contributed by atoms with van der Waals surface area (Å²) in [6.07, 6.45) is 0. The summed E-state index contributed by atoms with van der Waals surface area (Å²) in [4.78, 5) is 4.79. The van der Waals surface area contributed by atoms with Crippen molar-refractivity contribution >= 4 is 11.1 Å². The third-order valence-corrected chi connectivity index (χ3v) is 12.2. The summed E-state index contributed by atoms with van der Waals surface area (Å²) in [7, 11) is 0. The third-order valence-electron chi connectivity index (χ3n) is 12.2. The maximum absolute atomic E-state index is 6.17. The van der Waals surface area contributed by atoms with Crippen LogP contribution in [0.15, 0.2) is 192 Å². The monoisotopic (exact) mass is 673 g/mol. The van der Waals surface area contributed by atoms with E-state index >= 15 is 0 Å². The molecular weight excluding hydrogens is 643 g/mol. The molecule has 3 aliphatic carbocycles. The summed E-state index contributed by atoms with van der Waals surface area (Å²) in [6, 6.07) is 69.4. The topological polar surface area (TPSA) is 26.0 Å². The van der Waals surface area contributed by atoms with Gasteiger partial charge in [0.05, 0.1) is 10.8 Å². The number of fused-ring (bicyclic) bond motifs is 13. The summed E-state index contributed by atoms with van der Waals surface area (Å²) in [5.41, 5.74) is 20.0. The SMILES string of the molecule is c1ccc(C23c4ccccc4-c4cccc(c42)C2(c4ccccc4-c4cccc(-c5ccc(-c6nc7ccccc7o6)cc5)c42)c2ccccc23)cc1. The van der Waals surface area contributed by atoms with E-state index in [2.05, 4.69) is 164 Å². The van der Waals surface area contributed by atoms with Crippen LogP contribution in [0.4, 0.5) is 0 Å². The predicted octanol–water partition coefficient (Wildman–Crippen LogP) is 12.2. The Morgan fingerprint density at radius 1 is 0.340 bits per heavy atom. The number of para-hydroxylation sites is 2. The van der Waals surface area contributed by atoms with Crippen LogP contribution in [0.25, 0.3) is 55.9 Å². The van der Waals surface area contributed by atoms with Crippen molar-refractivity contribution in [3.05, 3.63) is 233 Å². The molecule has 12 rings (SSSR count). The summed E-state index contributed by atoms with van der Waals surface area (Å²) in [5, 5.41) is 0. The zero-order chi connectivity index (χ0) is 34.7. The molecule has 3 aliphatic rings. The normalized spacial score (nSPS) is 18.3. The van der Waals surface area contributed by atoms with Gasteiger partial charge in [-0.1, -0.05) is 164 Å². The van der Waals surface area contributed by atoms with Crippen molar-refractivity contribution in [2.75, 3.05) is 0 Å². The van der Waals surface area contributed by atoms with E-state index in [1.807, 2.05) is 24.3 Å². The molecule has 0 N–H and O–H groups in total.